The molecule has 0 aliphatic rings. The first-order chi connectivity index (χ1) is 12.7. The van der Waals surface area contributed by atoms with Crippen molar-refractivity contribution in [3.8, 4) is 5.75 Å². The van der Waals surface area contributed by atoms with Gasteiger partial charge in [-0.3, -0.25) is 9.10 Å². The standard InChI is InChI=1S/C18H20Cl2N2O4S/c1-4-16(18(23)21-13-7-5-6-12(19)10-13)22(27(3,24)25)14-8-9-17(26-2)15(20)11-14/h5-11,16H,4H2,1-3H3,(H,21,23). The minimum absolute atomic E-state index is 0.244. The van der Waals surface area contributed by atoms with Crippen LogP contribution < -0.4 is 14.4 Å². The second kappa shape index (κ2) is 8.82. The molecule has 0 saturated heterocycles. The van der Waals surface area contributed by atoms with Crippen molar-refractivity contribution in [2.24, 2.45) is 0 Å². The van der Waals surface area contributed by atoms with Gasteiger partial charge in [0.1, 0.15) is 11.8 Å². The normalized spacial score (nSPS) is 12.3. The number of nitrogens with one attached hydrogen (secondary N) is 1. The molecule has 2 aromatic carbocycles. The predicted octanol–water partition coefficient (Wildman–Crippen LogP) is 4.19. The Hall–Kier alpha value is -1.96. The SMILES string of the molecule is CCC(C(=O)Nc1cccc(Cl)c1)N(c1ccc(OC)c(Cl)c1)S(C)(=O)=O. The molecule has 6 nitrogen and oxygen atoms in total. The van der Waals surface area contributed by atoms with Crippen LogP contribution in [-0.4, -0.2) is 33.7 Å². The van der Waals surface area contributed by atoms with Gasteiger partial charge >= 0.3 is 0 Å². The van der Waals surface area contributed by atoms with Gasteiger partial charge in [-0.15, -0.1) is 0 Å². The predicted molar refractivity (Wildman–Crippen MR) is 109 cm³/mol. The van der Waals surface area contributed by atoms with E-state index in [9.17, 15) is 13.2 Å². The molecule has 0 aliphatic carbocycles. The van der Waals surface area contributed by atoms with Crippen LogP contribution in [0.25, 0.3) is 0 Å². The Bertz CT molecular complexity index is 935. The molecule has 146 valence electrons. The molecule has 2 aromatic rings. The summed E-state index contributed by atoms with van der Waals surface area (Å²) in [7, 11) is -2.30. The molecular formula is C18H20Cl2N2O4S. The van der Waals surface area contributed by atoms with Crippen molar-refractivity contribution >= 4 is 50.5 Å². The Morgan fingerprint density at radius 3 is 2.44 bits per heavy atom. The van der Waals surface area contributed by atoms with Crippen molar-refractivity contribution in [3.63, 3.8) is 0 Å². The van der Waals surface area contributed by atoms with Crippen molar-refractivity contribution in [2.45, 2.75) is 19.4 Å². The first-order valence-electron chi connectivity index (χ1n) is 8.06. The van der Waals surface area contributed by atoms with Gasteiger partial charge < -0.3 is 10.1 Å². The van der Waals surface area contributed by atoms with Crippen LogP contribution in [0.15, 0.2) is 42.5 Å². The quantitative estimate of drug-likeness (QED) is 0.714. The summed E-state index contributed by atoms with van der Waals surface area (Å²) in [4.78, 5) is 12.8. The highest BCUT2D eigenvalue weighted by Gasteiger charge is 2.32. The maximum absolute atomic E-state index is 12.8. The first-order valence-corrected chi connectivity index (χ1v) is 10.7. The lowest BCUT2D eigenvalue weighted by Crippen LogP contribution is -2.47. The number of rotatable bonds is 7. The number of anilines is 2. The zero-order valence-electron chi connectivity index (χ0n) is 15.1. The third-order valence-electron chi connectivity index (χ3n) is 3.81. The van der Waals surface area contributed by atoms with Crippen molar-refractivity contribution in [1.29, 1.82) is 0 Å². The molecule has 0 radical (unpaired) electrons. The number of sulfonamides is 1. The molecule has 0 spiro atoms. The molecule has 1 unspecified atom stereocenters. The number of halogens is 2. The summed E-state index contributed by atoms with van der Waals surface area (Å²) in [6.45, 7) is 1.73. The fourth-order valence-electron chi connectivity index (χ4n) is 2.64. The number of hydrogen-bond donors (Lipinski definition) is 1. The highest BCUT2D eigenvalue weighted by molar-refractivity contribution is 7.92. The van der Waals surface area contributed by atoms with E-state index < -0.39 is 22.0 Å². The first kappa shape index (κ1) is 21.3. The van der Waals surface area contributed by atoms with Crippen LogP contribution in [0.3, 0.4) is 0 Å². The number of methoxy groups -OCH3 is 1. The van der Waals surface area contributed by atoms with Gasteiger partial charge in [-0.25, -0.2) is 8.42 Å². The lowest BCUT2D eigenvalue weighted by atomic mass is 10.1. The molecule has 0 heterocycles. The van der Waals surface area contributed by atoms with E-state index in [0.29, 0.717) is 16.5 Å². The fraction of sp³-hybridized carbons (Fsp3) is 0.278. The van der Waals surface area contributed by atoms with E-state index in [-0.39, 0.29) is 17.1 Å². The molecule has 0 bridgehead atoms. The van der Waals surface area contributed by atoms with Gasteiger partial charge in [0.05, 0.1) is 24.1 Å². The van der Waals surface area contributed by atoms with Gasteiger partial charge in [-0.1, -0.05) is 36.2 Å². The van der Waals surface area contributed by atoms with Gasteiger partial charge in [0, 0.05) is 10.7 Å². The van der Waals surface area contributed by atoms with Crippen molar-refractivity contribution < 1.29 is 17.9 Å². The van der Waals surface area contributed by atoms with Crippen molar-refractivity contribution in [2.75, 3.05) is 23.0 Å². The van der Waals surface area contributed by atoms with Crippen molar-refractivity contribution in [1.82, 2.24) is 0 Å². The molecule has 27 heavy (non-hydrogen) atoms. The molecule has 1 N–H and O–H groups in total. The molecule has 1 amide bonds. The van der Waals surface area contributed by atoms with E-state index in [1.807, 2.05) is 0 Å². The van der Waals surface area contributed by atoms with Gasteiger partial charge in [0.2, 0.25) is 15.9 Å². The number of carbonyl (C=O) groups excluding carboxylic acids is 1. The summed E-state index contributed by atoms with van der Waals surface area (Å²) >= 11 is 12.1. The Labute approximate surface area is 169 Å². The van der Waals surface area contributed by atoms with E-state index in [4.69, 9.17) is 27.9 Å². The van der Waals surface area contributed by atoms with Crippen LogP contribution >= 0.6 is 23.2 Å². The zero-order chi connectivity index (χ0) is 20.2. The number of carbonyl (C=O) groups is 1. The smallest absolute Gasteiger partial charge is 0.248 e. The van der Waals surface area contributed by atoms with Crippen LogP contribution in [0.1, 0.15) is 13.3 Å². The maximum atomic E-state index is 12.8. The summed E-state index contributed by atoms with van der Waals surface area (Å²) in [5, 5.41) is 3.41. The average Bonchev–Trinajstić information content (AvgIpc) is 2.58. The Balaban J connectivity index is 2.41. The van der Waals surface area contributed by atoms with Crippen LogP contribution in [0.2, 0.25) is 10.0 Å². The molecule has 0 fully saturated rings. The van der Waals surface area contributed by atoms with Gasteiger partial charge in [0.25, 0.3) is 0 Å². The molecule has 0 aliphatic heterocycles. The number of nitrogens with zero attached hydrogens (tertiary/aromatic N) is 1. The molecule has 1 atom stereocenters. The van der Waals surface area contributed by atoms with E-state index in [1.54, 1.807) is 43.3 Å². The molecular weight excluding hydrogens is 411 g/mol. The summed E-state index contributed by atoms with van der Waals surface area (Å²) in [5.74, 6) is -0.0672. The van der Waals surface area contributed by atoms with Crippen LogP contribution in [0.5, 0.6) is 5.75 Å². The average molecular weight is 431 g/mol. The number of amides is 1. The van der Waals surface area contributed by atoms with Crippen LogP contribution in [0, 0.1) is 0 Å². The van der Waals surface area contributed by atoms with E-state index in [1.165, 1.54) is 13.2 Å². The van der Waals surface area contributed by atoms with Gasteiger partial charge in [-0.05, 0) is 42.8 Å². The molecule has 2 rings (SSSR count). The second-order valence-electron chi connectivity index (χ2n) is 5.80. The summed E-state index contributed by atoms with van der Waals surface area (Å²) < 4.78 is 31.1. The maximum Gasteiger partial charge on any atom is 0.248 e. The summed E-state index contributed by atoms with van der Waals surface area (Å²) in [5.41, 5.74) is 0.753. The van der Waals surface area contributed by atoms with E-state index in [0.717, 1.165) is 10.6 Å². The minimum atomic E-state index is -3.76. The summed E-state index contributed by atoms with van der Waals surface area (Å²) in [6.07, 6.45) is 1.30. The lowest BCUT2D eigenvalue weighted by Gasteiger charge is -2.30. The third kappa shape index (κ3) is 5.28. The van der Waals surface area contributed by atoms with Crippen LogP contribution in [-0.2, 0) is 14.8 Å². The third-order valence-corrected chi connectivity index (χ3v) is 5.52. The van der Waals surface area contributed by atoms with Gasteiger partial charge in [-0.2, -0.15) is 0 Å². The fourth-order valence-corrected chi connectivity index (χ4v) is 4.29. The number of hydrogen-bond acceptors (Lipinski definition) is 4. The van der Waals surface area contributed by atoms with E-state index >= 15 is 0 Å². The topological polar surface area (TPSA) is 75.7 Å². The lowest BCUT2D eigenvalue weighted by molar-refractivity contribution is -0.117. The largest absolute Gasteiger partial charge is 0.495 e. The second-order valence-corrected chi connectivity index (χ2v) is 8.50. The molecule has 9 heteroatoms. The van der Waals surface area contributed by atoms with Crippen molar-refractivity contribution in [3.05, 3.63) is 52.5 Å². The summed E-state index contributed by atoms with van der Waals surface area (Å²) in [6, 6.07) is 10.2. The number of ether oxygens (including phenoxy) is 1. The Morgan fingerprint density at radius 2 is 1.93 bits per heavy atom. The Morgan fingerprint density at radius 1 is 1.22 bits per heavy atom. The van der Waals surface area contributed by atoms with Crippen LogP contribution in [0.4, 0.5) is 11.4 Å². The highest BCUT2D eigenvalue weighted by Crippen LogP contribution is 2.32. The molecule has 0 aromatic heterocycles. The Kier molecular flexibility index (Phi) is 6.97. The monoisotopic (exact) mass is 430 g/mol. The molecule has 0 saturated carbocycles. The highest BCUT2D eigenvalue weighted by atomic mass is 35.5. The zero-order valence-corrected chi connectivity index (χ0v) is 17.4. The van der Waals surface area contributed by atoms with Gasteiger partial charge in [0.15, 0.2) is 0 Å². The van der Waals surface area contributed by atoms with E-state index in [2.05, 4.69) is 5.32 Å². The number of benzene rings is 2. The minimum Gasteiger partial charge on any atom is -0.495 e.